The maximum Gasteiger partial charge on any atom is 0.410 e. The van der Waals surface area contributed by atoms with E-state index in [4.69, 9.17) is 14.2 Å². The van der Waals surface area contributed by atoms with Crippen molar-refractivity contribution in [2.45, 2.75) is 159 Å². The number of likely N-dealkylation sites (tertiary alicyclic amines) is 3. The van der Waals surface area contributed by atoms with Crippen LogP contribution in [0, 0.1) is 57.8 Å². The lowest BCUT2D eigenvalue weighted by Gasteiger charge is -2.27. The monoisotopic (exact) mass is 994 g/mol. The number of hydrogen-bond acceptors (Lipinski definition) is 12. The van der Waals surface area contributed by atoms with Gasteiger partial charge < -0.3 is 43.6 Å². The van der Waals surface area contributed by atoms with Crippen molar-refractivity contribution in [3.63, 3.8) is 0 Å². The quantitative estimate of drug-likeness (QED) is 0.231. The molecule has 6 fully saturated rings. The molecule has 3 aromatic heterocycles. The van der Waals surface area contributed by atoms with Crippen molar-refractivity contribution >= 4 is 35.3 Å². The number of aromatic nitrogens is 3. The number of carbonyl (C=O) groups is 3. The van der Waals surface area contributed by atoms with E-state index in [9.17, 15) is 14.4 Å². The Morgan fingerprint density at radius 2 is 0.583 bits per heavy atom. The predicted octanol–water partition coefficient (Wildman–Crippen LogP) is 10.6. The number of anilines is 3. The van der Waals surface area contributed by atoms with E-state index in [1.54, 1.807) is 0 Å². The summed E-state index contributed by atoms with van der Waals surface area (Å²) < 4.78 is 16.6. The van der Waals surface area contributed by atoms with Crippen molar-refractivity contribution < 1.29 is 28.6 Å². The molecule has 6 aliphatic heterocycles. The van der Waals surface area contributed by atoms with Crippen LogP contribution in [-0.2, 0) is 14.2 Å². The molecule has 396 valence electrons. The van der Waals surface area contributed by atoms with Crippen molar-refractivity contribution in [1.29, 1.82) is 0 Å². The minimum Gasteiger partial charge on any atom is -0.444 e. The molecule has 0 N–H and O–H groups in total. The summed E-state index contributed by atoms with van der Waals surface area (Å²) in [7, 11) is 0. The maximum atomic E-state index is 12.3. The molecule has 72 heavy (non-hydrogen) atoms. The molecule has 0 aromatic carbocycles. The van der Waals surface area contributed by atoms with Gasteiger partial charge in [-0.05, 0) is 179 Å². The second kappa shape index (κ2) is 20.9. The summed E-state index contributed by atoms with van der Waals surface area (Å²) in [4.78, 5) is 63.4. The molecule has 3 atom stereocenters. The number of nitrogens with zero attached hydrogens (tertiary/aromatic N) is 9. The van der Waals surface area contributed by atoms with E-state index in [0.717, 1.165) is 151 Å². The standard InChI is InChI=1S/3C19H29N3O2/c3*1-14-10-16(11-15(2)20-14)21-8-6-19(12-21)7-9-22(13-19)17(23)24-18(3,4)5/h3*10-11H,6-9,12-13H2,1-5H3. The Hall–Kier alpha value is -5.34. The van der Waals surface area contributed by atoms with Crippen LogP contribution in [0.4, 0.5) is 31.4 Å². The van der Waals surface area contributed by atoms with Gasteiger partial charge in [0.05, 0.1) is 0 Å². The van der Waals surface area contributed by atoms with Gasteiger partial charge in [0.2, 0.25) is 0 Å². The molecule has 3 spiro atoms. The van der Waals surface area contributed by atoms with Crippen LogP contribution >= 0.6 is 0 Å². The highest BCUT2D eigenvalue weighted by Gasteiger charge is 2.48. The number of hydrogen-bond donors (Lipinski definition) is 0. The first-order valence-electron chi connectivity index (χ1n) is 26.5. The lowest BCUT2D eigenvalue weighted by atomic mass is 9.86. The molecule has 3 amide bonds. The Labute approximate surface area is 431 Å². The normalized spacial score (nSPS) is 24.0. The fourth-order valence-corrected chi connectivity index (χ4v) is 11.7. The average molecular weight is 994 g/mol. The molecule has 9 heterocycles. The molecule has 15 heteroatoms. The minimum atomic E-state index is -0.430. The smallest absolute Gasteiger partial charge is 0.410 e. The summed E-state index contributed by atoms with van der Waals surface area (Å²) >= 11 is 0. The first-order valence-corrected chi connectivity index (χ1v) is 26.5. The number of ether oxygens (including phenoxy) is 3. The van der Waals surface area contributed by atoms with Crippen LogP contribution in [0.1, 0.15) is 135 Å². The summed E-state index contributed by atoms with van der Waals surface area (Å²) in [6.07, 6.45) is 6.06. The predicted molar refractivity (Wildman–Crippen MR) is 286 cm³/mol. The molecule has 3 aromatic rings. The van der Waals surface area contributed by atoms with E-state index in [-0.39, 0.29) is 34.5 Å². The zero-order valence-corrected chi connectivity index (χ0v) is 46.7. The molecule has 15 nitrogen and oxygen atoms in total. The highest BCUT2D eigenvalue weighted by Crippen LogP contribution is 2.44. The van der Waals surface area contributed by atoms with E-state index in [2.05, 4.69) is 66.0 Å². The molecule has 6 saturated heterocycles. The zero-order chi connectivity index (χ0) is 52.6. The van der Waals surface area contributed by atoms with Gasteiger partial charge >= 0.3 is 18.3 Å². The second-order valence-corrected chi connectivity index (χ2v) is 25.3. The average Bonchev–Trinajstić information content (AvgIpc) is 4.12. The van der Waals surface area contributed by atoms with Crippen LogP contribution in [0.2, 0.25) is 0 Å². The fourth-order valence-electron chi connectivity index (χ4n) is 11.7. The van der Waals surface area contributed by atoms with E-state index < -0.39 is 16.8 Å². The summed E-state index contributed by atoms with van der Waals surface area (Å²) in [5, 5.41) is 0. The minimum absolute atomic E-state index is 0.173. The SMILES string of the molecule is Cc1cc(N2CCC3(CCN(C(=O)OC(C)(C)C)C3)C2)cc(C)n1.Cc1cc(N2CCC3(CCN(C(=O)OC(C)(C)C)C3)C2)cc(C)n1.Cc1cc(N2CCC3(CCN(C(=O)OC(C)(C)C)C3)C2)cc(C)n1. The molecule has 0 aliphatic carbocycles. The molecule has 9 rings (SSSR count). The maximum absolute atomic E-state index is 12.3. The van der Waals surface area contributed by atoms with Crippen LogP contribution in [0.3, 0.4) is 0 Å². The Kier molecular flexibility index (Phi) is 15.8. The first kappa shape index (κ1) is 54.4. The van der Waals surface area contributed by atoms with Crippen LogP contribution < -0.4 is 14.7 Å². The third-order valence-electron chi connectivity index (χ3n) is 14.9. The molecule has 3 unspecified atom stereocenters. The van der Waals surface area contributed by atoms with Crippen molar-refractivity contribution in [3.05, 3.63) is 70.6 Å². The van der Waals surface area contributed by atoms with Gasteiger partial charge in [0.1, 0.15) is 16.8 Å². The summed E-state index contributed by atoms with van der Waals surface area (Å²) in [5.41, 5.74) is 9.49. The van der Waals surface area contributed by atoms with Crippen molar-refractivity contribution in [1.82, 2.24) is 29.7 Å². The first-order chi connectivity index (χ1) is 33.5. The molecular weight excluding hydrogens is 907 g/mol. The zero-order valence-electron chi connectivity index (χ0n) is 46.7. The number of rotatable bonds is 3. The van der Waals surface area contributed by atoms with E-state index in [1.807, 2.05) is 119 Å². The largest absolute Gasteiger partial charge is 0.444 e. The summed E-state index contributed by atoms with van der Waals surface area (Å²) in [5.74, 6) is 0. The number of amides is 3. The Balaban J connectivity index is 0.000000158. The topological polar surface area (TPSA) is 137 Å². The summed E-state index contributed by atoms with van der Waals surface area (Å²) in [6, 6.07) is 13.0. The van der Waals surface area contributed by atoms with Gasteiger partial charge in [-0.2, -0.15) is 0 Å². The Bertz CT molecular complexity index is 2120. The van der Waals surface area contributed by atoms with Gasteiger partial charge in [0.25, 0.3) is 0 Å². The number of pyridine rings is 3. The van der Waals surface area contributed by atoms with Crippen molar-refractivity contribution in [3.8, 4) is 0 Å². The van der Waals surface area contributed by atoms with Gasteiger partial charge in [-0.25, -0.2) is 14.4 Å². The highest BCUT2D eigenvalue weighted by atomic mass is 16.6. The number of aryl methyl sites for hydroxylation is 6. The lowest BCUT2D eigenvalue weighted by Crippen LogP contribution is -2.37. The van der Waals surface area contributed by atoms with Crippen molar-refractivity contribution in [2.24, 2.45) is 16.2 Å². The molecule has 6 aliphatic rings. The van der Waals surface area contributed by atoms with Gasteiger partial charge in [-0.3, -0.25) is 15.0 Å². The van der Waals surface area contributed by atoms with Gasteiger partial charge in [-0.1, -0.05) is 0 Å². The van der Waals surface area contributed by atoms with Crippen LogP contribution in [0.5, 0.6) is 0 Å². The summed E-state index contributed by atoms with van der Waals surface area (Å²) in [6.45, 7) is 40.5. The Morgan fingerprint density at radius 1 is 0.375 bits per heavy atom. The van der Waals surface area contributed by atoms with E-state index in [1.165, 1.54) is 17.1 Å². The van der Waals surface area contributed by atoms with E-state index in [0.29, 0.717) is 0 Å². The van der Waals surface area contributed by atoms with Gasteiger partial charge in [0.15, 0.2) is 0 Å². The lowest BCUT2D eigenvalue weighted by molar-refractivity contribution is 0.0266. The third-order valence-corrected chi connectivity index (χ3v) is 14.9. The van der Waals surface area contributed by atoms with Crippen LogP contribution in [0.25, 0.3) is 0 Å². The van der Waals surface area contributed by atoms with Crippen LogP contribution in [0.15, 0.2) is 36.4 Å². The molecule has 0 saturated carbocycles. The van der Waals surface area contributed by atoms with Gasteiger partial charge in [0, 0.05) is 146 Å². The fraction of sp³-hybridized carbons (Fsp3) is 0.684. The number of carbonyl (C=O) groups excluding carboxylic acids is 3. The van der Waals surface area contributed by atoms with Crippen molar-refractivity contribution in [2.75, 3.05) is 93.2 Å². The third kappa shape index (κ3) is 14.2. The van der Waals surface area contributed by atoms with Crippen LogP contribution in [-0.4, -0.2) is 143 Å². The Morgan fingerprint density at radius 3 is 0.792 bits per heavy atom. The van der Waals surface area contributed by atoms with E-state index >= 15 is 0 Å². The second-order valence-electron chi connectivity index (χ2n) is 25.3. The van der Waals surface area contributed by atoms with Gasteiger partial charge in [-0.15, -0.1) is 0 Å². The molecule has 0 radical (unpaired) electrons. The highest BCUT2D eigenvalue weighted by molar-refractivity contribution is 5.70. The molecular formula is C57H87N9O6. The molecule has 0 bridgehead atoms.